The fourth-order valence-corrected chi connectivity index (χ4v) is 1.94. The lowest BCUT2D eigenvalue weighted by molar-refractivity contribution is -0.151. The third kappa shape index (κ3) is 3.53. The lowest BCUT2D eigenvalue weighted by Gasteiger charge is -2.23. The van der Waals surface area contributed by atoms with Crippen molar-refractivity contribution in [3.05, 3.63) is 36.4 Å². The number of carbonyl (C=O) groups excluding carboxylic acids is 1. The smallest absolute Gasteiger partial charge is 0.315 e. The molecule has 0 aliphatic rings. The fourth-order valence-electron chi connectivity index (χ4n) is 1.94. The quantitative estimate of drug-likeness (QED) is 0.568. The van der Waals surface area contributed by atoms with Crippen LogP contribution in [-0.4, -0.2) is 26.8 Å². The molecular weight excluding hydrogens is 256 g/mol. The first-order valence-corrected chi connectivity index (χ1v) is 6.52. The van der Waals surface area contributed by atoms with Gasteiger partial charge in [0.2, 0.25) is 0 Å². The standard InChI is InChI=1S/C16H22O4/c1-6-16(3,15(17)20-7-2)11-12-8-9-13(18-4)14(10-12)19-5/h6,8-10H,1,7,11H2,2-5H3. The molecule has 0 radical (unpaired) electrons. The fraction of sp³-hybridized carbons (Fsp3) is 0.438. The molecular formula is C16H22O4. The van der Waals surface area contributed by atoms with Crippen LogP contribution >= 0.6 is 0 Å². The van der Waals surface area contributed by atoms with Gasteiger partial charge in [-0.2, -0.15) is 0 Å². The van der Waals surface area contributed by atoms with Crippen molar-refractivity contribution in [1.29, 1.82) is 0 Å². The van der Waals surface area contributed by atoms with Crippen molar-refractivity contribution in [2.45, 2.75) is 20.3 Å². The van der Waals surface area contributed by atoms with Crippen LogP contribution in [-0.2, 0) is 16.0 Å². The van der Waals surface area contributed by atoms with Gasteiger partial charge in [-0.3, -0.25) is 4.79 Å². The van der Waals surface area contributed by atoms with Crippen LogP contribution in [0.15, 0.2) is 30.9 Å². The van der Waals surface area contributed by atoms with Crippen molar-refractivity contribution < 1.29 is 19.0 Å². The van der Waals surface area contributed by atoms with E-state index in [4.69, 9.17) is 14.2 Å². The van der Waals surface area contributed by atoms with Gasteiger partial charge in [-0.25, -0.2) is 0 Å². The van der Waals surface area contributed by atoms with Crippen molar-refractivity contribution in [1.82, 2.24) is 0 Å². The van der Waals surface area contributed by atoms with Crippen molar-refractivity contribution in [2.75, 3.05) is 20.8 Å². The first kappa shape index (κ1) is 16.1. The molecule has 110 valence electrons. The molecule has 1 aromatic rings. The molecule has 4 nitrogen and oxygen atoms in total. The number of esters is 1. The van der Waals surface area contributed by atoms with E-state index in [0.29, 0.717) is 24.5 Å². The highest BCUT2D eigenvalue weighted by Crippen LogP contribution is 2.32. The summed E-state index contributed by atoms with van der Waals surface area (Å²) in [6.45, 7) is 7.71. The SMILES string of the molecule is C=CC(C)(Cc1ccc(OC)c(OC)c1)C(=O)OCC. The van der Waals surface area contributed by atoms with Gasteiger partial charge in [-0.1, -0.05) is 12.1 Å². The normalized spacial score (nSPS) is 13.2. The molecule has 0 N–H and O–H groups in total. The van der Waals surface area contributed by atoms with Crippen molar-refractivity contribution in [3.63, 3.8) is 0 Å². The van der Waals surface area contributed by atoms with Crippen molar-refractivity contribution in [2.24, 2.45) is 5.41 Å². The summed E-state index contributed by atoms with van der Waals surface area (Å²) in [4.78, 5) is 12.0. The van der Waals surface area contributed by atoms with E-state index in [1.165, 1.54) is 0 Å². The van der Waals surface area contributed by atoms with Gasteiger partial charge in [0.05, 0.1) is 26.2 Å². The average Bonchev–Trinajstić information content (AvgIpc) is 2.47. The Hall–Kier alpha value is -1.97. The van der Waals surface area contributed by atoms with Crippen LogP contribution in [0.1, 0.15) is 19.4 Å². The van der Waals surface area contributed by atoms with E-state index in [2.05, 4.69) is 6.58 Å². The highest BCUT2D eigenvalue weighted by molar-refractivity contribution is 5.79. The maximum atomic E-state index is 12.0. The number of methoxy groups -OCH3 is 2. The van der Waals surface area contributed by atoms with Gasteiger partial charge >= 0.3 is 5.97 Å². The largest absolute Gasteiger partial charge is 0.493 e. The van der Waals surface area contributed by atoms with Crippen LogP contribution in [0.5, 0.6) is 11.5 Å². The topological polar surface area (TPSA) is 44.8 Å². The Morgan fingerprint density at radius 1 is 1.30 bits per heavy atom. The van der Waals surface area contributed by atoms with E-state index < -0.39 is 5.41 Å². The number of ether oxygens (including phenoxy) is 3. The molecule has 1 aromatic carbocycles. The van der Waals surface area contributed by atoms with E-state index >= 15 is 0 Å². The molecule has 0 saturated heterocycles. The lowest BCUT2D eigenvalue weighted by atomic mass is 9.83. The van der Waals surface area contributed by atoms with Gasteiger partial charge in [-0.15, -0.1) is 6.58 Å². The predicted octanol–water partition coefficient (Wildman–Crippen LogP) is 3.00. The Morgan fingerprint density at radius 2 is 1.95 bits per heavy atom. The highest BCUT2D eigenvalue weighted by atomic mass is 16.5. The van der Waals surface area contributed by atoms with Crippen molar-refractivity contribution in [3.8, 4) is 11.5 Å². The second-order valence-corrected chi connectivity index (χ2v) is 4.71. The van der Waals surface area contributed by atoms with Crippen LogP contribution in [0, 0.1) is 5.41 Å². The van der Waals surface area contributed by atoms with Crippen LogP contribution in [0.3, 0.4) is 0 Å². The summed E-state index contributed by atoms with van der Waals surface area (Å²) in [7, 11) is 3.17. The predicted molar refractivity (Wildman–Crippen MR) is 78.2 cm³/mol. The number of carbonyl (C=O) groups is 1. The summed E-state index contributed by atoms with van der Waals surface area (Å²) < 4.78 is 15.6. The van der Waals surface area contributed by atoms with Gasteiger partial charge in [-0.05, 0) is 38.0 Å². The molecule has 0 aliphatic heterocycles. The first-order chi connectivity index (χ1) is 9.50. The van der Waals surface area contributed by atoms with E-state index in [0.717, 1.165) is 5.56 Å². The number of hydrogen-bond donors (Lipinski definition) is 0. The lowest BCUT2D eigenvalue weighted by Crippen LogP contribution is -2.30. The Balaban J connectivity index is 3.01. The maximum Gasteiger partial charge on any atom is 0.315 e. The monoisotopic (exact) mass is 278 g/mol. The van der Waals surface area contributed by atoms with Crippen molar-refractivity contribution >= 4 is 5.97 Å². The molecule has 1 unspecified atom stereocenters. The number of rotatable bonds is 7. The third-order valence-electron chi connectivity index (χ3n) is 3.21. The van der Waals surface area contributed by atoms with E-state index in [9.17, 15) is 4.79 Å². The Bertz CT molecular complexity index is 481. The molecule has 0 saturated carbocycles. The summed E-state index contributed by atoms with van der Waals surface area (Å²) in [5, 5.41) is 0. The molecule has 4 heteroatoms. The van der Waals surface area contributed by atoms with Crippen LogP contribution in [0.4, 0.5) is 0 Å². The Kier molecular flexibility index (Phi) is 5.62. The second-order valence-electron chi connectivity index (χ2n) is 4.71. The molecule has 0 amide bonds. The summed E-state index contributed by atoms with van der Waals surface area (Å²) in [5.74, 6) is 1.03. The molecule has 0 heterocycles. The zero-order valence-corrected chi connectivity index (χ0v) is 12.6. The third-order valence-corrected chi connectivity index (χ3v) is 3.21. The summed E-state index contributed by atoms with van der Waals surface area (Å²) in [6, 6.07) is 5.59. The summed E-state index contributed by atoms with van der Waals surface area (Å²) in [5.41, 5.74) is 0.202. The molecule has 0 spiro atoms. The van der Waals surface area contributed by atoms with E-state index in [-0.39, 0.29) is 5.97 Å². The Labute approximate surface area is 120 Å². The zero-order chi connectivity index (χ0) is 15.2. The average molecular weight is 278 g/mol. The Morgan fingerprint density at radius 3 is 2.45 bits per heavy atom. The summed E-state index contributed by atoms with van der Waals surface area (Å²) in [6.07, 6.45) is 2.12. The molecule has 0 fully saturated rings. The molecule has 0 aromatic heterocycles. The number of hydrogen-bond acceptors (Lipinski definition) is 4. The zero-order valence-electron chi connectivity index (χ0n) is 12.6. The van der Waals surface area contributed by atoms with Gasteiger partial charge in [0.15, 0.2) is 11.5 Å². The minimum Gasteiger partial charge on any atom is -0.493 e. The maximum absolute atomic E-state index is 12.0. The van der Waals surface area contributed by atoms with Crippen LogP contribution in [0.2, 0.25) is 0 Å². The highest BCUT2D eigenvalue weighted by Gasteiger charge is 2.31. The van der Waals surface area contributed by atoms with E-state index in [1.54, 1.807) is 27.2 Å². The molecule has 1 atom stereocenters. The molecule has 20 heavy (non-hydrogen) atoms. The van der Waals surface area contributed by atoms with Crippen LogP contribution < -0.4 is 9.47 Å². The van der Waals surface area contributed by atoms with Gasteiger partial charge in [0.1, 0.15) is 0 Å². The van der Waals surface area contributed by atoms with E-state index in [1.807, 2.05) is 25.1 Å². The molecule has 0 bridgehead atoms. The minimum atomic E-state index is -0.754. The molecule has 0 aliphatic carbocycles. The number of benzene rings is 1. The van der Waals surface area contributed by atoms with Crippen LogP contribution in [0.25, 0.3) is 0 Å². The summed E-state index contributed by atoms with van der Waals surface area (Å²) >= 11 is 0. The van der Waals surface area contributed by atoms with Gasteiger partial charge in [0.25, 0.3) is 0 Å². The first-order valence-electron chi connectivity index (χ1n) is 6.52. The second kappa shape index (κ2) is 6.98. The molecule has 1 rings (SSSR count). The minimum absolute atomic E-state index is 0.273. The van der Waals surface area contributed by atoms with Gasteiger partial charge < -0.3 is 14.2 Å². The van der Waals surface area contributed by atoms with Gasteiger partial charge in [0, 0.05) is 0 Å².